The Morgan fingerprint density at radius 1 is 1.33 bits per heavy atom. The smallest absolute Gasteiger partial charge is 0.416 e. The molecule has 0 spiro atoms. The van der Waals surface area contributed by atoms with Gasteiger partial charge in [0.25, 0.3) is 5.91 Å². The number of ether oxygens (including phenoxy) is 2. The van der Waals surface area contributed by atoms with Crippen molar-refractivity contribution in [1.82, 2.24) is 4.90 Å². The molecule has 5 nitrogen and oxygen atoms in total. The first-order chi connectivity index (χ1) is 8.77. The molecule has 2 rings (SSSR count). The van der Waals surface area contributed by atoms with Crippen LogP contribution in [-0.2, 0) is 20.7 Å². The third kappa shape index (κ3) is 3.30. The number of hydrogen-bond donors (Lipinski definition) is 0. The predicted molar refractivity (Wildman–Crippen MR) is 64.0 cm³/mol. The highest BCUT2D eigenvalue weighted by molar-refractivity contribution is 5.93. The molecule has 0 N–H and O–H groups in total. The normalized spacial score (nSPS) is 14.7. The SMILES string of the molecule is O=C(COCCc1ccccc1)N1CCOC1=O. The fourth-order valence-electron chi connectivity index (χ4n) is 1.69. The van der Waals surface area contributed by atoms with Crippen LogP contribution in [0.5, 0.6) is 0 Å². The topological polar surface area (TPSA) is 55.8 Å². The van der Waals surface area contributed by atoms with E-state index >= 15 is 0 Å². The van der Waals surface area contributed by atoms with Crippen LogP contribution in [0.25, 0.3) is 0 Å². The Morgan fingerprint density at radius 2 is 2.11 bits per heavy atom. The molecule has 1 aliphatic heterocycles. The van der Waals surface area contributed by atoms with Crippen molar-refractivity contribution in [3.63, 3.8) is 0 Å². The molecule has 0 unspecified atom stereocenters. The molecule has 1 fully saturated rings. The van der Waals surface area contributed by atoms with Gasteiger partial charge in [0.1, 0.15) is 13.2 Å². The fourth-order valence-corrected chi connectivity index (χ4v) is 1.69. The van der Waals surface area contributed by atoms with Crippen molar-refractivity contribution < 1.29 is 19.1 Å². The summed E-state index contributed by atoms with van der Waals surface area (Å²) in [6, 6.07) is 9.88. The molecule has 0 saturated carbocycles. The predicted octanol–water partition coefficient (Wildman–Crippen LogP) is 1.22. The summed E-state index contributed by atoms with van der Waals surface area (Å²) in [6.45, 7) is 0.967. The number of nitrogens with zero attached hydrogens (tertiary/aromatic N) is 1. The van der Waals surface area contributed by atoms with Gasteiger partial charge in [0.05, 0.1) is 13.2 Å². The third-order valence-corrected chi connectivity index (χ3v) is 2.67. The molecule has 1 aromatic rings. The van der Waals surface area contributed by atoms with Crippen molar-refractivity contribution >= 4 is 12.0 Å². The Kier molecular flexibility index (Phi) is 4.30. The van der Waals surface area contributed by atoms with Crippen molar-refractivity contribution in [3.05, 3.63) is 35.9 Å². The molecule has 1 aliphatic rings. The lowest BCUT2D eigenvalue weighted by Crippen LogP contribution is -2.34. The molecular weight excluding hydrogens is 234 g/mol. The number of imide groups is 1. The van der Waals surface area contributed by atoms with Gasteiger partial charge in [0, 0.05) is 0 Å². The average molecular weight is 249 g/mol. The molecule has 96 valence electrons. The maximum absolute atomic E-state index is 11.6. The lowest BCUT2D eigenvalue weighted by Gasteiger charge is -2.10. The Hall–Kier alpha value is -1.88. The van der Waals surface area contributed by atoms with Crippen LogP contribution in [0.3, 0.4) is 0 Å². The number of carbonyl (C=O) groups is 2. The van der Waals surface area contributed by atoms with Crippen LogP contribution < -0.4 is 0 Å². The summed E-state index contributed by atoms with van der Waals surface area (Å²) in [5.41, 5.74) is 1.16. The second kappa shape index (κ2) is 6.16. The lowest BCUT2D eigenvalue weighted by atomic mass is 10.2. The van der Waals surface area contributed by atoms with Crippen molar-refractivity contribution in [2.75, 3.05) is 26.4 Å². The minimum Gasteiger partial charge on any atom is -0.447 e. The van der Waals surface area contributed by atoms with Crippen LogP contribution >= 0.6 is 0 Å². The van der Waals surface area contributed by atoms with Gasteiger partial charge in [-0.2, -0.15) is 0 Å². The summed E-state index contributed by atoms with van der Waals surface area (Å²) in [6.07, 6.45) is 0.171. The fraction of sp³-hybridized carbons (Fsp3) is 0.385. The number of carbonyl (C=O) groups excluding carboxylic acids is 2. The molecule has 0 bridgehead atoms. The van der Waals surface area contributed by atoms with Gasteiger partial charge in [-0.25, -0.2) is 9.69 Å². The van der Waals surface area contributed by atoms with E-state index in [2.05, 4.69) is 4.74 Å². The quantitative estimate of drug-likeness (QED) is 0.736. The first-order valence-electron chi connectivity index (χ1n) is 5.86. The highest BCUT2D eigenvalue weighted by Gasteiger charge is 2.27. The summed E-state index contributed by atoms with van der Waals surface area (Å²) >= 11 is 0. The molecule has 0 atom stereocenters. The summed E-state index contributed by atoms with van der Waals surface area (Å²) in [5.74, 6) is -0.342. The molecule has 5 heteroatoms. The minimum atomic E-state index is -0.577. The van der Waals surface area contributed by atoms with E-state index in [1.807, 2.05) is 30.3 Å². The maximum Gasteiger partial charge on any atom is 0.416 e. The van der Waals surface area contributed by atoms with E-state index in [0.29, 0.717) is 13.2 Å². The van der Waals surface area contributed by atoms with Gasteiger partial charge in [0.2, 0.25) is 0 Å². The van der Waals surface area contributed by atoms with Crippen LogP contribution in [0.2, 0.25) is 0 Å². The monoisotopic (exact) mass is 249 g/mol. The van der Waals surface area contributed by atoms with Crippen LogP contribution in [-0.4, -0.2) is 43.3 Å². The van der Waals surface area contributed by atoms with Crippen LogP contribution in [0, 0.1) is 0 Å². The number of benzene rings is 1. The highest BCUT2D eigenvalue weighted by Crippen LogP contribution is 2.04. The third-order valence-electron chi connectivity index (χ3n) is 2.67. The van der Waals surface area contributed by atoms with Gasteiger partial charge in [-0.1, -0.05) is 30.3 Å². The van der Waals surface area contributed by atoms with Crippen molar-refractivity contribution in [2.24, 2.45) is 0 Å². The maximum atomic E-state index is 11.6. The van der Waals surface area contributed by atoms with E-state index in [1.54, 1.807) is 0 Å². The van der Waals surface area contributed by atoms with E-state index in [9.17, 15) is 9.59 Å². The zero-order chi connectivity index (χ0) is 12.8. The lowest BCUT2D eigenvalue weighted by molar-refractivity contribution is -0.132. The summed E-state index contributed by atoms with van der Waals surface area (Å²) in [5, 5.41) is 0. The zero-order valence-electron chi connectivity index (χ0n) is 10.0. The molecule has 0 aliphatic carbocycles. The van der Waals surface area contributed by atoms with Gasteiger partial charge in [-0.15, -0.1) is 0 Å². The highest BCUT2D eigenvalue weighted by atomic mass is 16.6. The van der Waals surface area contributed by atoms with Crippen molar-refractivity contribution in [2.45, 2.75) is 6.42 Å². The van der Waals surface area contributed by atoms with Crippen LogP contribution in [0.4, 0.5) is 4.79 Å². The van der Waals surface area contributed by atoms with Crippen LogP contribution in [0.1, 0.15) is 5.56 Å². The second-order valence-corrected chi connectivity index (χ2v) is 3.95. The summed E-state index contributed by atoms with van der Waals surface area (Å²) in [4.78, 5) is 23.7. The second-order valence-electron chi connectivity index (χ2n) is 3.95. The Labute approximate surface area is 105 Å². The number of hydrogen-bond acceptors (Lipinski definition) is 4. The molecule has 0 radical (unpaired) electrons. The van der Waals surface area contributed by atoms with Crippen LogP contribution in [0.15, 0.2) is 30.3 Å². The van der Waals surface area contributed by atoms with E-state index in [1.165, 1.54) is 0 Å². The van der Waals surface area contributed by atoms with Gasteiger partial charge >= 0.3 is 6.09 Å². The molecule has 18 heavy (non-hydrogen) atoms. The number of amides is 2. The van der Waals surface area contributed by atoms with Crippen molar-refractivity contribution in [1.29, 1.82) is 0 Å². The van der Waals surface area contributed by atoms with Gasteiger partial charge in [0.15, 0.2) is 0 Å². The molecule has 2 amide bonds. The minimum absolute atomic E-state index is 0.0814. The largest absolute Gasteiger partial charge is 0.447 e. The van der Waals surface area contributed by atoms with E-state index in [4.69, 9.17) is 4.74 Å². The number of rotatable bonds is 5. The molecule has 1 aromatic carbocycles. The van der Waals surface area contributed by atoms with Gasteiger partial charge in [-0.3, -0.25) is 4.79 Å². The van der Waals surface area contributed by atoms with Gasteiger partial charge < -0.3 is 9.47 Å². The Balaban J connectivity index is 1.66. The average Bonchev–Trinajstić information content (AvgIpc) is 2.82. The number of cyclic esters (lactones) is 1. The summed E-state index contributed by atoms with van der Waals surface area (Å²) in [7, 11) is 0. The molecule has 0 aromatic heterocycles. The van der Waals surface area contributed by atoms with E-state index in [-0.39, 0.29) is 19.1 Å². The first-order valence-corrected chi connectivity index (χ1v) is 5.86. The Bertz CT molecular complexity index is 418. The Morgan fingerprint density at radius 3 is 2.78 bits per heavy atom. The standard InChI is InChI=1S/C13H15NO4/c15-12(14-7-9-18-13(14)16)10-17-8-6-11-4-2-1-3-5-11/h1-5H,6-10H2. The molecule has 1 heterocycles. The van der Waals surface area contributed by atoms with E-state index in [0.717, 1.165) is 16.9 Å². The zero-order valence-corrected chi connectivity index (χ0v) is 10.0. The summed E-state index contributed by atoms with van der Waals surface area (Å²) < 4.78 is 9.93. The van der Waals surface area contributed by atoms with Crippen molar-refractivity contribution in [3.8, 4) is 0 Å². The molecular formula is C13H15NO4. The van der Waals surface area contributed by atoms with Gasteiger partial charge in [-0.05, 0) is 12.0 Å². The first kappa shape index (κ1) is 12.6. The molecule has 1 saturated heterocycles. The van der Waals surface area contributed by atoms with E-state index < -0.39 is 6.09 Å².